The fourth-order valence-corrected chi connectivity index (χ4v) is 1.78. The van der Waals surface area contributed by atoms with Crippen molar-refractivity contribution in [2.24, 2.45) is 0 Å². The Kier molecular flexibility index (Phi) is 2.19. The molecule has 0 radical (unpaired) electrons. The summed E-state index contributed by atoms with van der Waals surface area (Å²) in [6.45, 7) is 5.63. The van der Waals surface area contributed by atoms with E-state index < -0.39 is 0 Å². The largest absolute Gasteiger partial charge is 0.299 e. The maximum absolute atomic E-state index is 4.25. The summed E-state index contributed by atoms with van der Waals surface area (Å²) >= 11 is 3.39. The van der Waals surface area contributed by atoms with Crippen molar-refractivity contribution in [3.8, 4) is 0 Å². The second kappa shape index (κ2) is 3.18. The lowest BCUT2D eigenvalue weighted by molar-refractivity contribution is 0.105. The standard InChI is InChI=1S/C8H12BrN3/c1-2-11-5-8(6-11)12-4-7(9)3-10-12/h3-4,8H,2,5-6H2,1H3. The van der Waals surface area contributed by atoms with Crippen molar-refractivity contribution < 1.29 is 0 Å². The molecule has 4 heteroatoms. The van der Waals surface area contributed by atoms with E-state index in [1.807, 2.05) is 17.1 Å². The van der Waals surface area contributed by atoms with E-state index in [0.29, 0.717) is 6.04 Å². The van der Waals surface area contributed by atoms with Crippen LogP contribution < -0.4 is 0 Å². The number of halogens is 1. The molecule has 0 bridgehead atoms. The molecule has 0 spiro atoms. The average Bonchev–Trinajstić information content (AvgIpc) is 2.34. The molecule has 66 valence electrons. The minimum Gasteiger partial charge on any atom is -0.299 e. The first-order chi connectivity index (χ1) is 5.79. The molecule has 1 fully saturated rings. The van der Waals surface area contributed by atoms with Gasteiger partial charge >= 0.3 is 0 Å². The smallest absolute Gasteiger partial charge is 0.0773 e. The SMILES string of the molecule is CCN1CC(n2cc(Br)cn2)C1. The molecule has 0 aliphatic carbocycles. The summed E-state index contributed by atoms with van der Waals surface area (Å²) in [5.74, 6) is 0. The minimum atomic E-state index is 0.594. The summed E-state index contributed by atoms with van der Waals surface area (Å²) in [5.41, 5.74) is 0. The number of likely N-dealkylation sites (N-methyl/N-ethyl adjacent to an activating group) is 1. The van der Waals surface area contributed by atoms with E-state index >= 15 is 0 Å². The maximum atomic E-state index is 4.25. The lowest BCUT2D eigenvalue weighted by Gasteiger charge is -2.38. The van der Waals surface area contributed by atoms with Crippen molar-refractivity contribution in [1.82, 2.24) is 14.7 Å². The van der Waals surface area contributed by atoms with Crippen LogP contribution in [0, 0.1) is 0 Å². The predicted molar refractivity (Wildman–Crippen MR) is 51.1 cm³/mol. The highest BCUT2D eigenvalue weighted by atomic mass is 79.9. The fourth-order valence-electron chi connectivity index (χ4n) is 1.48. The van der Waals surface area contributed by atoms with Gasteiger partial charge in [-0.3, -0.25) is 9.58 Å². The van der Waals surface area contributed by atoms with Gasteiger partial charge in [-0.1, -0.05) is 6.92 Å². The van der Waals surface area contributed by atoms with Crippen molar-refractivity contribution in [3.63, 3.8) is 0 Å². The maximum Gasteiger partial charge on any atom is 0.0773 e. The zero-order valence-electron chi connectivity index (χ0n) is 7.07. The number of hydrogen-bond acceptors (Lipinski definition) is 2. The molecule has 2 rings (SSSR count). The Labute approximate surface area is 80.5 Å². The fraction of sp³-hybridized carbons (Fsp3) is 0.625. The monoisotopic (exact) mass is 229 g/mol. The lowest BCUT2D eigenvalue weighted by Crippen LogP contribution is -2.47. The zero-order chi connectivity index (χ0) is 8.55. The molecule has 0 unspecified atom stereocenters. The van der Waals surface area contributed by atoms with Gasteiger partial charge in [-0.15, -0.1) is 0 Å². The van der Waals surface area contributed by atoms with Crippen LogP contribution in [-0.2, 0) is 0 Å². The highest BCUT2D eigenvalue weighted by molar-refractivity contribution is 9.10. The molecule has 0 N–H and O–H groups in total. The summed E-state index contributed by atoms with van der Waals surface area (Å²) in [6, 6.07) is 0.594. The molecular formula is C8H12BrN3. The van der Waals surface area contributed by atoms with Crippen LogP contribution in [0.2, 0.25) is 0 Å². The van der Waals surface area contributed by atoms with Crippen molar-refractivity contribution in [1.29, 1.82) is 0 Å². The van der Waals surface area contributed by atoms with Gasteiger partial charge in [0.25, 0.3) is 0 Å². The second-order valence-electron chi connectivity index (χ2n) is 3.14. The molecular weight excluding hydrogens is 218 g/mol. The van der Waals surface area contributed by atoms with Crippen LogP contribution in [0.25, 0.3) is 0 Å². The molecule has 2 heterocycles. The first-order valence-corrected chi connectivity index (χ1v) is 5.01. The Balaban J connectivity index is 1.96. The molecule has 0 aromatic carbocycles. The second-order valence-corrected chi connectivity index (χ2v) is 4.06. The van der Waals surface area contributed by atoms with E-state index in [2.05, 4.69) is 32.9 Å². The summed E-state index contributed by atoms with van der Waals surface area (Å²) in [7, 11) is 0. The van der Waals surface area contributed by atoms with Gasteiger partial charge in [0.15, 0.2) is 0 Å². The summed E-state index contributed by atoms with van der Waals surface area (Å²) < 4.78 is 3.11. The van der Waals surface area contributed by atoms with Gasteiger partial charge in [0.1, 0.15) is 0 Å². The first kappa shape index (κ1) is 8.26. The first-order valence-electron chi connectivity index (χ1n) is 4.21. The van der Waals surface area contributed by atoms with Crippen LogP contribution in [-0.4, -0.2) is 34.3 Å². The van der Waals surface area contributed by atoms with Gasteiger partial charge in [0.2, 0.25) is 0 Å². The Morgan fingerprint density at radius 2 is 2.42 bits per heavy atom. The third kappa shape index (κ3) is 1.41. The third-order valence-electron chi connectivity index (χ3n) is 2.33. The molecule has 1 saturated heterocycles. The molecule has 1 aliphatic heterocycles. The highest BCUT2D eigenvalue weighted by Gasteiger charge is 2.26. The quantitative estimate of drug-likeness (QED) is 0.768. The van der Waals surface area contributed by atoms with E-state index in [1.54, 1.807) is 0 Å². The van der Waals surface area contributed by atoms with Crippen LogP contribution in [0.15, 0.2) is 16.9 Å². The van der Waals surface area contributed by atoms with Crippen molar-refractivity contribution >= 4 is 15.9 Å². The number of nitrogens with zero attached hydrogens (tertiary/aromatic N) is 3. The normalized spacial score (nSPS) is 19.5. The lowest BCUT2D eigenvalue weighted by atomic mass is 10.1. The van der Waals surface area contributed by atoms with E-state index in [4.69, 9.17) is 0 Å². The van der Waals surface area contributed by atoms with Gasteiger partial charge < -0.3 is 0 Å². The molecule has 1 aromatic rings. The van der Waals surface area contributed by atoms with Gasteiger partial charge in [0, 0.05) is 19.3 Å². The van der Waals surface area contributed by atoms with E-state index in [9.17, 15) is 0 Å². The van der Waals surface area contributed by atoms with Gasteiger partial charge in [0.05, 0.1) is 16.7 Å². The van der Waals surface area contributed by atoms with Crippen molar-refractivity contribution in [2.75, 3.05) is 19.6 Å². The van der Waals surface area contributed by atoms with E-state index in [-0.39, 0.29) is 0 Å². The third-order valence-corrected chi connectivity index (χ3v) is 2.74. The number of hydrogen-bond donors (Lipinski definition) is 0. The topological polar surface area (TPSA) is 21.1 Å². The van der Waals surface area contributed by atoms with Crippen LogP contribution in [0.5, 0.6) is 0 Å². The summed E-state index contributed by atoms with van der Waals surface area (Å²) in [4.78, 5) is 2.40. The van der Waals surface area contributed by atoms with Crippen molar-refractivity contribution in [2.45, 2.75) is 13.0 Å². The average molecular weight is 230 g/mol. The molecule has 3 nitrogen and oxygen atoms in total. The van der Waals surface area contributed by atoms with Gasteiger partial charge in [-0.2, -0.15) is 5.10 Å². The Morgan fingerprint density at radius 3 is 2.92 bits per heavy atom. The van der Waals surface area contributed by atoms with Crippen LogP contribution in [0.4, 0.5) is 0 Å². The number of rotatable bonds is 2. The van der Waals surface area contributed by atoms with Gasteiger partial charge in [-0.25, -0.2) is 0 Å². The van der Waals surface area contributed by atoms with Crippen LogP contribution >= 0.6 is 15.9 Å². The number of aromatic nitrogens is 2. The highest BCUT2D eigenvalue weighted by Crippen LogP contribution is 2.21. The molecule has 0 atom stereocenters. The minimum absolute atomic E-state index is 0.594. The molecule has 1 aromatic heterocycles. The number of likely N-dealkylation sites (tertiary alicyclic amines) is 1. The summed E-state index contributed by atoms with van der Waals surface area (Å²) in [6.07, 6.45) is 3.88. The van der Waals surface area contributed by atoms with E-state index in [0.717, 1.165) is 24.1 Å². The van der Waals surface area contributed by atoms with E-state index in [1.165, 1.54) is 0 Å². The Morgan fingerprint density at radius 1 is 1.67 bits per heavy atom. The zero-order valence-corrected chi connectivity index (χ0v) is 8.66. The summed E-state index contributed by atoms with van der Waals surface area (Å²) in [5, 5.41) is 4.25. The Hall–Kier alpha value is -0.350. The molecule has 0 amide bonds. The Bertz CT molecular complexity index is 265. The van der Waals surface area contributed by atoms with Gasteiger partial charge in [-0.05, 0) is 22.5 Å². The van der Waals surface area contributed by atoms with Crippen molar-refractivity contribution in [3.05, 3.63) is 16.9 Å². The van der Waals surface area contributed by atoms with Crippen LogP contribution in [0.3, 0.4) is 0 Å². The predicted octanol–water partition coefficient (Wildman–Crippen LogP) is 1.52. The van der Waals surface area contributed by atoms with Crippen LogP contribution in [0.1, 0.15) is 13.0 Å². The molecule has 1 aliphatic rings. The molecule has 12 heavy (non-hydrogen) atoms. The molecule has 0 saturated carbocycles.